The third-order valence-electron chi connectivity index (χ3n) is 4.31. The van der Waals surface area contributed by atoms with E-state index >= 15 is 0 Å². The van der Waals surface area contributed by atoms with E-state index in [9.17, 15) is 4.79 Å². The van der Waals surface area contributed by atoms with Gasteiger partial charge in [0, 0.05) is 16.7 Å². The standard InChI is InChI=1S/C19H19N5OS2/c1-14-11-12-23(16-9-5-6-10-17(16)27-14)18(25)13-26-19-20-21-22-24(19)15-7-3-2-4-8-15/h2-10,14H,11-13H2,1H3/t14-/m1/s1. The summed E-state index contributed by atoms with van der Waals surface area (Å²) in [4.78, 5) is 16.0. The molecule has 0 spiro atoms. The molecule has 0 N–H and O–H groups in total. The molecule has 1 aliphatic heterocycles. The van der Waals surface area contributed by atoms with Gasteiger partial charge in [0.1, 0.15) is 0 Å². The fraction of sp³-hybridized carbons (Fsp3) is 0.263. The van der Waals surface area contributed by atoms with Crippen molar-refractivity contribution in [1.82, 2.24) is 20.2 Å². The molecule has 0 aliphatic carbocycles. The molecular weight excluding hydrogens is 378 g/mol. The molecule has 0 saturated heterocycles. The summed E-state index contributed by atoms with van der Waals surface area (Å²) >= 11 is 3.19. The van der Waals surface area contributed by atoms with Gasteiger partial charge in [0.25, 0.3) is 0 Å². The van der Waals surface area contributed by atoms with Crippen LogP contribution in [0.4, 0.5) is 5.69 Å². The Morgan fingerprint density at radius 1 is 1.19 bits per heavy atom. The molecule has 1 aliphatic rings. The number of rotatable bonds is 4. The molecule has 0 radical (unpaired) electrons. The first kappa shape index (κ1) is 18.1. The largest absolute Gasteiger partial charge is 0.311 e. The molecule has 8 heteroatoms. The first-order valence-corrected chi connectivity index (χ1v) is 10.6. The lowest BCUT2D eigenvalue weighted by Crippen LogP contribution is -2.33. The molecule has 4 rings (SSSR count). The van der Waals surface area contributed by atoms with Gasteiger partial charge in [0.05, 0.1) is 17.1 Å². The van der Waals surface area contributed by atoms with Crippen LogP contribution in [0.5, 0.6) is 0 Å². The van der Waals surface area contributed by atoms with E-state index in [1.54, 1.807) is 4.68 Å². The summed E-state index contributed by atoms with van der Waals surface area (Å²) in [5, 5.41) is 13.0. The minimum atomic E-state index is 0.0739. The highest BCUT2D eigenvalue weighted by Crippen LogP contribution is 2.37. The average Bonchev–Trinajstić information content (AvgIpc) is 3.10. The Kier molecular flexibility index (Phi) is 5.45. The maximum atomic E-state index is 13.0. The monoisotopic (exact) mass is 397 g/mol. The number of carbonyl (C=O) groups excluding carboxylic acids is 1. The molecular formula is C19H19N5OS2. The number of amides is 1. The molecule has 0 fully saturated rings. The van der Waals surface area contributed by atoms with Crippen LogP contribution in [0.15, 0.2) is 64.6 Å². The Morgan fingerprint density at radius 2 is 1.96 bits per heavy atom. The number of hydrogen-bond donors (Lipinski definition) is 0. The Labute approximate surface area is 166 Å². The second kappa shape index (κ2) is 8.14. The van der Waals surface area contributed by atoms with Crippen molar-refractivity contribution in [1.29, 1.82) is 0 Å². The lowest BCUT2D eigenvalue weighted by atomic mass is 10.2. The molecule has 0 saturated carbocycles. The Bertz CT molecular complexity index is 931. The summed E-state index contributed by atoms with van der Waals surface area (Å²) in [7, 11) is 0. The molecule has 2 heterocycles. The summed E-state index contributed by atoms with van der Waals surface area (Å²) in [6, 6.07) is 17.8. The van der Waals surface area contributed by atoms with Crippen LogP contribution in [0, 0.1) is 0 Å². The number of hydrogen-bond acceptors (Lipinski definition) is 6. The number of benzene rings is 2. The molecule has 3 aromatic rings. The van der Waals surface area contributed by atoms with Crippen molar-refractivity contribution < 1.29 is 4.79 Å². The lowest BCUT2D eigenvalue weighted by Gasteiger charge is -2.22. The first-order valence-electron chi connectivity index (χ1n) is 8.75. The van der Waals surface area contributed by atoms with Gasteiger partial charge in [0.2, 0.25) is 11.1 Å². The van der Waals surface area contributed by atoms with E-state index in [0.29, 0.717) is 16.2 Å². The summed E-state index contributed by atoms with van der Waals surface area (Å²) in [6.45, 7) is 2.94. The van der Waals surface area contributed by atoms with E-state index in [2.05, 4.69) is 28.5 Å². The summed E-state index contributed by atoms with van der Waals surface area (Å²) in [5.74, 6) is 0.366. The predicted octanol–water partition coefficient (Wildman–Crippen LogP) is 3.67. The quantitative estimate of drug-likeness (QED) is 0.626. The van der Waals surface area contributed by atoms with E-state index in [1.165, 1.54) is 11.8 Å². The molecule has 27 heavy (non-hydrogen) atoms. The van der Waals surface area contributed by atoms with Gasteiger partial charge in [-0.2, -0.15) is 4.68 Å². The molecule has 138 valence electrons. The molecule has 0 bridgehead atoms. The zero-order valence-corrected chi connectivity index (χ0v) is 16.5. The van der Waals surface area contributed by atoms with E-state index in [4.69, 9.17) is 0 Å². The number of carbonyl (C=O) groups is 1. The Hall–Kier alpha value is -2.32. The molecule has 0 unspecified atom stereocenters. The highest BCUT2D eigenvalue weighted by Gasteiger charge is 2.24. The highest BCUT2D eigenvalue weighted by molar-refractivity contribution is 8.00. The van der Waals surface area contributed by atoms with Crippen LogP contribution in [-0.4, -0.2) is 43.7 Å². The van der Waals surface area contributed by atoms with Crippen molar-refractivity contribution in [2.45, 2.75) is 28.6 Å². The van der Waals surface area contributed by atoms with Crippen LogP contribution in [0.2, 0.25) is 0 Å². The fourth-order valence-electron chi connectivity index (χ4n) is 2.95. The van der Waals surface area contributed by atoms with Crippen LogP contribution in [0.1, 0.15) is 13.3 Å². The number of nitrogens with zero attached hydrogens (tertiary/aromatic N) is 5. The number of para-hydroxylation sites is 2. The number of fused-ring (bicyclic) bond motifs is 1. The van der Waals surface area contributed by atoms with Crippen molar-refractivity contribution in [3.8, 4) is 5.69 Å². The van der Waals surface area contributed by atoms with E-state index < -0.39 is 0 Å². The second-order valence-corrected chi connectivity index (χ2v) is 8.65. The van der Waals surface area contributed by atoms with E-state index in [-0.39, 0.29) is 5.91 Å². The highest BCUT2D eigenvalue weighted by atomic mass is 32.2. The van der Waals surface area contributed by atoms with Crippen molar-refractivity contribution in [3.05, 3.63) is 54.6 Å². The van der Waals surface area contributed by atoms with Gasteiger partial charge in [-0.3, -0.25) is 4.79 Å². The van der Waals surface area contributed by atoms with E-state index in [1.807, 2.05) is 65.2 Å². The number of thioether (sulfide) groups is 2. The van der Waals surface area contributed by atoms with Gasteiger partial charge in [-0.1, -0.05) is 49.0 Å². The normalized spacial score (nSPS) is 16.6. The third-order valence-corrected chi connectivity index (χ3v) is 6.45. The Balaban J connectivity index is 1.50. The van der Waals surface area contributed by atoms with Crippen LogP contribution in [0.25, 0.3) is 5.69 Å². The van der Waals surface area contributed by atoms with Crippen LogP contribution < -0.4 is 4.90 Å². The summed E-state index contributed by atoms with van der Waals surface area (Å²) in [5.41, 5.74) is 1.88. The zero-order chi connectivity index (χ0) is 18.6. The molecule has 1 amide bonds. The predicted molar refractivity (Wildman–Crippen MR) is 109 cm³/mol. The fourth-order valence-corrected chi connectivity index (χ4v) is 4.83. The third kappa shape index (κ3) is 4.01. The van der Waals surface area contributed by atoms with Gasteiger partial charge < -0.3 is 4.90 Å². The summed E-state index contributed by atoms with van der Waals surface area (Å²) in [6.07, 6.45) is 0.970. The first-order chi connectivity index (χ1) is 13.2. The van der Waals surface area contributed by atoms with Gasteiger partial charge in [-0.05, 0) is 41.1 Å². The lowest BCUT2D eigenvalue weighted by molar-refractivity contribution is -0.116. The van der Waals surface area contributed by atoms with Crippen molar-refractivity contribution in [3.63, 3.8) is 0 Å². The molecule has 6 nitrogen and oxygen atoms in total. The van der Waals surface area contributed by atoms with Gasteiger partial charge in [-0.15, -0.1) is 16.9 Å². The van der Waals surface area contributed by atoms with Crippen LogP contribution in [-0.2, 0) is 4.79 Å². The van der Waals surface area contributed by atoms with Crippen LogP contribution in [0.3, 0.4) is 0 Å². The molecule has 2 aromatic carbocycles. The zero-order valence-electron chi connectivity index (χ0n) is 14.9. The topological polar surface area (TPSA) is 63.9 Å². The van der Waals surface area contributed by atoms with Crippen molar-refractivity contribution >= 4 is 35.1 Å². The smallest absolute Gasteiger partial charge is 0.237 e. The van der Waals surface area contributed by atoms with Gasteiger partial charge >= 0.3 is 0 Å². The maximum Gasteiger partial charge on any atom is 0.237 e. The minimum absolute atomic E-state index is 0.0739. The number of anilines is 1. The van der Waals surface area contributed by atoms with Gasteiger partial charge in [-0.25, -0.2) is 0 Å². The van der Waals surface area contributed by atoms with Crippen molar-refractivity contribution in [2.24, 2.45) is 0 Å². The summed E-state index contributed by atoms with van der Waals surface area (Å²) < 4.78 is 1.66. The Morgan fingerprint density at radius 3 is 2.81 bits per heavy atom. The molecule has 1 aromatic heterocycles. The maximum absolute atomic E-state index is 13.0. The second-order valence-electron chi connectivity index (χ2n) is 6.23. The van der Waals surface area contributed by atoms with Gasteiger partial charge in [0.15, 0.2) is 0 Å². The minimum Gasteiger partial charge on any atom is -0.311 e. The van der Waals surface area contributed by atoms with Crippen molar-refractivity contribution in [2.75, 3.05) is 17.2 Å². The number of aromatic nitrogens is 4. The molecule has 1 atom stereocenters. The SMILES string of the molecule is C[C@@H]1CCN(C(=O)CSc2nnnn2-c2ccccc2)c2ccccc2S1. The number of tetrazole rings is 1. The van der Waals surface area contributed by atoms with E-state index in [0.717, 1.165) is 29.2 Å². The van der Waals surface area contributed by atoms with Crippen LogP contribution >= 0.6 is 23.5 Å². The average molecular weight is 398 g/mol.